The van der Waals surface area contributed by atoms with E-state index in [4.69, 9.17) is 16.1 Å². The average Bonchev–Trinajstić information content (AvgIpc) is 2.59. The highest BCUT2D eigenvalue weighted by atomic mass is 35.5. The number of likely N-dealkylation sites (N-methyl/N-ethyl adjacent to an activating group) is 1. The van der Waals surface area contributed by atoms with Gasteiger partial charge >= 0.3 is 0 Å². The second-order valence-corrected chi connectivity index (χ2v) is 3.55. The zero-order valence-electron chi connectivity index (χ0n) is 7.72. The lowest BCUT2D eigenvalue weighted by Crippen LogP contribution is -2.29. The molecule has 0 fully saturated rings. The summed E-state index contributed by atoms with van der Waals surface area (Å²) in [5.41, 5.74) is 2.12. The Bertz CT molecular complexity index is 284. The molecule has 0 amide bonds. The number of rotatable bonds is 2. The van der Waals surface area contributed by atoms with Gasteiger partial charge in [-0.15, -0.1) is 11.6 Å². The molecule has 2 rings (SSSR count). The largest absolute Gasteiger partial charge is 0.361 e. The van der Waals surface area contributed by atoms with Crippen molar-refractivity contribution in [3.05, 3.63) is 17.0 Å². The Balaban J connectivity index is 2.25. The van der Waals surface area contributed by atoms with E-state index in [-0.39, 0.29) is 0 Å². The highest BCUT2D eigenvalue weighted by Crippen LogP contribution is 2.22. The van der Waals surface area contributed by atoms with Gasteiger partial charge in [0.05, 0.1) is 5.88 Å². The summed E-state index contributed by atoms with van der Waals surface area (Å²) >= 11 is 5.76. The van der Waals surface area contributed by atoms with Crippen LogP contribution < -0.4 is 0 Å². The van der Waals surface area contributed by atoms with Gasteiger partial charge in [-0.2, -0.15) is 0 Å². The predicted octanol–water partition coefficient (Wildman–Crippen LogP) is 1.79. The van der Waals surface area contributed by atoms with Crippen molar-refractivity contribution in [1.82, 2.24) is 10.1 Å². The molecule has 0 bridgehead atoms. The normalized spacial score (nSPS) is 17.4. The lowest BCUT2D eigenvalue weighted by atomic mass is 10.1. The second kappa shape index (κ2) is 3.68. The summed E-state index contributed by atoms with van der Waals surface area (Å²) in [7, 11) is 0. The minimum absolute atomic E-state index is 0.455. The minimum atomic E-state index is 0.455. The Morgan fingerprint density at radius 2 is 2.46 bits per heavy atom. The maximum Gasteiger partial charge on any atom is 0.142 e. The SMILES string of the molecule is CCN1CCc2onc(CCl)c2C1. The molecule has 13 heavy (non-hydrogen) atoms. The van der Waals surface area contributed by atoms with E-state index in [9.17, 15) is 0 Å². The first-order valence-electron chi connectivity index (χ1n) is 4.59. The zero-order valence-corrected chi connectivity index (χ0v) is 8.47. The standard InChI is InChI=1S/C9H13ClN2O/c1-2-12-4-3-9-7(6-12)8(5-10)11-13-9/h2-6H2,1H3. The average molecular weight is 201 g/mol. The van der Waals surface area contributed by atoms with Gasteiger partial charge in [-0.1, -0.05) is 12.1 Å². The third-order valence-corrected chi connectivity index (χ3v) is 2.81. The summed E-state index contributed by atoms with van der Waals surface area (Å²) in [4.78, 5) is 2.37. The van der Waals surface area contributed by atoms with E-state index in [0.29, 0.717) is 5.88 Å². The van der Waals surface area contributed by atoms with Crippen LogP contribution in [0.3, 0.4) is 0 Å². The lowest BCUT2D eigenvalue weighted by Gasteiger charge is -2.23. The van der Waals surface area contributed by atoms with Gasteiger partial charge in [0.25, 0.3) is 0 Å². The van der Waals surface area contributed by atoms with Gasteiger partial charge in [-0.3, -0.25) is 4.90 Å². The maximum atomic E-state index is 5.76. The zero-order chi connectivity index (χ0) is 9.26. The molecule has 0 aromatic carbocycles. The fraction of sp³-hybridized carbons (Fsp3) is 0.667. The first-order valence-corrected chi connectivity index (χ1v) is 5.13. The van der Waals surface area contributed by atoms with Crippen LogP contribution in [0.1, 0.15) is 23.9 Å². The van der Waals surface area contributed by atoms with Crippen molar-refractivity contribution in [2.75, 3.05) is 13.1 Å². The van der Waals surface area contributed by atoms with Gasteiger partial charge in [0.2, 0.25) is 0 Å². The van der Waals surface area contributed by atoms with Crippen LogP contribution in [-0.2, 0) is 18.8 Å². The number of alkyl halides is 1. The smallest absolute Gasteiger partial charge is 0.142 e. The van der Waals surface area contributed by atoms with Gasteiger partial charge in [0, 0.05) is 25.1 Å². The van der Waals surface area contributed by atoms with Crippen LogP contribution in [0.5, 0.6) is 0 Å². The molecular formula is C9H13ClN2O. The molecule has 0 atom stereocenters. The molecule has 1 aromatic heterocycles. The molecule has 4 heteroatoms. The van der Waals surface area contributed by atoms with Gasteiger partial charge in [0.1, 0.15) is 11.5 Å². The van der Waals surface area contributed by atoms with Crippen LogP contribution in [0.15, 0.2) is 4.52 Å². The fourth-order valence-corrected chi connectivity index (χ4v) is 1.90. The molecule has 0 N–H and O–H groups in total. The third kappa shape index (κ3) is 1.58. The Kier molecular flexibility index (Phi) is 2.56. The van der Waals surface area contributed by atoms with E-state index in [1.54, 1.807) is 0 Å². The number of nitrogens with zero attached hydrogens (tertiary/aromatic N) is 2. The number of hydrogen-bond donors (Lipinski definition) is 0. The van der Waals surface area contributed by atoms with E-state index in [0.717, 1.165) is 37.5 Å². The van der Waals surface area contributed by atoms with Gasteiger partial charge in [-0.25, -0.2) is 0 Å². The van der Waals surface area contributed by atoms with Crippen molar-refractivity contribution >= 4 is 11.6 Å². The van der Waals surface area contributed by atoms with Gasteiger partial charge < -0.3 is 4.52 Å². The molecule has 1 aliphatic heterocycles. The van der Waals surface area contributed by atoms with Crippen molar-refractivity contribution < 1.29 is 4.52 Å². The van der Waals surface area contributed by atoms with Crippen molar-refractivity contribution in [3.63, 3.8) is 0 Å². The summed E-state index contributed by atoms with van der Waals surface area (Å²) < 4.78 is 5.21. The van der Waals surface area contributed by atoms with Crippen LogP contribution >= 0.6 is 11.6 Å². The molecule has 72 valence electrons. The van der Waals surface area contributed by atoms with Crippen LogP contribution in [-0.4, -0.2) is 23.1 Å². The summed E-state index contributed by atoms with van der Waals surface area (Å²) in [6.07, 6.45) is 0.965. The summed E-state index contributed by atoms with van der Waals surface area (Å²) in [6, 6.07) is 0. The Morgan fingerprint density at radius 1 is 1.62 bits per heavy atom. The van der Waals surface area contributed by atoms with Crippen LogP contribution in [0.2, 0.25) is 0 Å². The van der Waals surface area contributed by atoms with Crippen LogP contribution in [0, 0.1) is 0 Å². The van der Waals surface area contributed by atoms with E-state index in [1.807, 2.05) is 0 Å². The van der Waals surface area contributed by atoms with Gasteiger partial charge in [0.15, 0.2) is 0 Å². The molecule has 2 heterocycles. The first kappa shape index (κ1) is 9.03. The quantitative estimate of drug-likeness (QED) is 0.682. The molecule has 0 saturated carbocycles. The van der Waals surface area contributed by atoms with Crippen molar-refractivity contribution in [2.24, 2.45) is 0 Å². The second-order valence-electron chi connectivity index (χ2n) is 3.28. The predicted molar refractivity (Wildman–Crippen MR) is 50.7 cm³/mol. The van der Waals surface area contributed by atoms with Gasteiger partial charge in [-0.05, 0) is 6.54 Å². The third-order valence-electron chi connectivity index (χ3n) is 2.56. The molecule has 3 nitrogen and oxygen atoms in total. The summed E-state index contributed by atoms with van der Waals surface area (Å²) in [6.45, 7) is 5.25. The molecule has 0 spiro atoms. The highest BCUT2D eigenvalue weighted by molar-refractivity contribution is 6.17. The van der Waals surface area contributed by atoms with Crippen LogP contribution in [0.25, 0.3) is 0 Å². The topological polar surface area (TPSA) is 29.3 Å². The molecule has 1 aliphatic rings. The number of fused-ring (bicyclic) bond motifs is 1. The number of aromatic nitrogens is 1. The Morgan fingerprint density at radius 3 is 3.15 bits per heavy atom. The maximum absolute atomic E-state index is 5.76. The van der Waals surface area contributed by atoms with E-state index >= 15 is 0 Å². The molecule has 0 saturated heterocycles. The summed E-state index contributed by atoms with van der Waals surface area (Å²) in [5.74, 6) is 1.48. The minimum Gasteiger partial charge on any atom is -0.361 e. The lowest BCUT2D eigenvalue weighted by molar-refractivity contribution is 0.247. The first-order chi connectivity index (χ1) is 6.35. The Labute approximate surface area is 82.6 Å². The highest BCUT2D eigenvalue weighted by Gasteiger charge is 2.22. The van der Waals surface area contributed by atoms with E-state index in [1.165, 1.54) is 5.56 Å². The monoisotopic (exact) mass is 200 g/mol. The molecule has 0 radical (unpaired) electrons. The summed E-state index contributed by atoms with van der Waals surface area (Å²) in [5, 5.41) is 3.95. The number of halogens is 1. The van der Waals surface area contributed by atoms with Crippen molar-refractivity contribution in [1.29, 1.82) is 0 Å². The molecule has 0 aliphatic carbocycles. The molecular weight excluding hydrogens is 188 g/mol. The van der Waals surface area contributed by atoms with Crippen molar-refractivity contribution in [2.45, 2.75) is 25.8 Å². The van der Waals surface area contributed by atoms with Crippen molar-refractivity contribution in [3.8, 4) is 0 Å². The van der Waals surface area contributed by atoms with E-state index in [2.05, 4.69) is 17.0 Å². The molecule has 1 aromatic rings. The fourth-order valence-electron chi connectivity index (χ4n) is 1.69. The Hall–Kier alpha value is -0.540. The van der Waals surface area contributed by atoms with Crippen LogP contribution in [0.4, 0.5) is 0 Å². The van der Waals surface area contributed by atoms with E-state index < -0.39 is 0 Å². The number of hydrogen-bond acceptors (Lipinski definition) is 3. The molecule has 0 unspecified atom stereocenters.